The van der Waals surface area contributed by atoms with Gasteiger partial charge >= 0.3 is 17.9 Å². The standard InChI is InChI=1S/C73H126O6/c1-4-7-10-13-16-19-22-25-27-29-31-32-33-34-35-36-37-38-39-40-42-43-45-48-51-54-57-60-63-66-72(75)78-69-70(68-77-71(74)65-62-59-56-53-50-47-24-21-18-15-12-9-6-3)79-73(76)67-64-61-58-55-52-49-46-44-41-30-28-26-23-20-17-14-11-8-5-2/h8,11,17,20,22,25-26,28-29,31,33-34,41,44,49,52,70H,4-7,9-10,12-16,18-19,21,23-24,27,30,32,35-40,42-43,45-48,50-51,53-69H2,1-3H3/b11-8-,20-17-,25-22-,28-26-,31-29-,34-33-,44-41-,52-49-. The first-order valence-corrected chi connectivity index (χ1v) is 33.7. The SMILES string of the molecule is CC/C=C\C/C=C\C/C=C\C/C=C\C/C=C\CCCCCC(=O)OC(COC(=O)CCCCCCCCCCCCCCC)COC(=O)CCCCCCCCCCCCCCCC/C=C\C/C=C\C/C=C\CCCCCCC. The molecule has 0 N–H and O–H groups in total. The summed E-state index contributed by atoms with van der Waals surface area (Å²) in [4.78, 5) is 38.3. The Labute approximate surface area is 489 Å². The second kappa shape index (κ2) is 66.8. The molecular formula is C73H126O6. The molecule has 0 bridgehead atoms. The number of carbonyl (C=O) groups is 3. The van der Waals surface area contributed by atoms with E-state index in [0.717, 1.165) is 109 Å². The van der Waals surface area contributed by atoms with Crippen LogP contribution in [0.15, 0.2) is 97.2 Å². The van der Waals surface area contributed by atoms with Gasteiger partial charge in [-0.3, -0.25) is 14.4 Å². The number of ether oxygens (including phenoxy) is 3. The molecule has 0 heterocycles. The Morgan fingerprint density at radius 3 is 0.785 bits per heavy atom. The Morgan fingerprint density at radius 1 is 0.266 bits per heavy atom. The Morgan fingerprint density at radius 2 is 0.494 bits per heavy atom. The number of rotatable bonds is 61. The number of esters is 3. The number of unbranched alkanes of at least 4 members (excludes halogenated alkanes) is 34. The summed E-state index contributed by atoms with van der Waals surface area (Å²) in [7, 11) is 0. The van der Waals surface area contributed by atoms with Gasteiger partial charge in [-0.05, 0) is 103 Å². The maximum absolute atomic E-state index is 12.9. The first-order valence-electron chi connectivity index (χ1n) is 33.7. The Kier molecular flexibility index (Phi) is 63.7. The van der Waals surface area contributed by atoms with Gasteiger partial charge < -0.3 is 14.2 Å². The maximum atomic E-state index is 12.9. The van der Waals surface area contributed by atoms with Crippen LogP contribution in [0.1, 0.15) is 329 Å². The van der Waals surface area contributed by atoms with Crippen LogP contribution < -0.4 is 0 Å². The van der Waals surface area contributed by atoms with E-state index in [1.807, 2.05) is 0 Å². The van der Waals surface area contributed by atoms with Crippen molar-refractivity contribution in [2.75, 3.05) is 13.2 Å². The summed E-state index contributed by atoms with van der Waals surface area (Å²) < 4.78 is 16.9. The highest BCUT2D eigenvalue weighted by Gasteiger charge is 2.19. The molecule has 0 rings (SSSR count). The molecule has 0 fully saturated rings. The Hall–Kier alpha value is -3.67. The summed E-state index contributed by atoms with van der Waals surface area (Å²) in [5.41, 5.74) is 0. The zero-order valence-corrected chi connectivity index (χ0v) is 52.1. The normalized spacial score (nSPS) is 12.7. The Balaban J connectivity index is 4.29. The minimum Gasteiger partial charge on any atom is -0.462 e. The molecule has 0 aromatic carbocycles. The van der Waals surface area contributed by atoms with Crippen molar-refractivity contribution >= 4 is 17.9 Å². The van der Waals surface area contributed by atoms with Gasteiger partial charge in [-0.2, -0.15) is 0 Å². The molecule has 0 saturated carbocycles. The highest BCUT2D eigenvalue weighted by molar-refractivity contribution is 5.71. The van der Waals surface area contributed by atoms with Crippen LogP contribution in [0, 0.1) is 0 Å². The predicted octanol–water partition coefficient (Wildman–Crippen LogP) is 23.2. The third-order valence-corrected chi connectivity index (χ3v) is 14.6. The van der Waals surface area contributed by atoms with Crippen LogP contribution in [0.25, 0.3) is 0 Å². The monoisotopic (exact) mass is 1100 g/mol. The zero-order chi connectivity index (χ0) is 57.1. The molecule has 0 aliphatic carbocycles. The molecule has 6 nitrogen and oxygen atoms in total. The van der Waals surface area contributed by atoms with Crippen molar-refractivity contribution in [1.29, 1.82) is 0 Å². The van der Waals surface area contributed by atoms with Crippen LogP contribution >= 0.6 is 0 Å². The second-order valence-electron chi connectivity index (χ2n) is 22.4. The summed E-state index contributed by atoms with van der Waals surface area (Å²) in [5, 5.41) is 0. The highest BCUT2D eigenvalue weighted by Crippen LogP contribution is 2.17. The molecular weight excluding hydrogens is 973 g/mol. The van der Waals surface area contributed by atoms with E-state index in [0.29, 0.717) is 19.3 Å². The van der Waals surface area contributed by atoms with Gasteiger partial charge in [0, 0.05) is 19.3 Å². The van der Waals surface area contributed by atoms with Crippen molar-refractivity contribution < 1.29 is 28.6 Å². The summed E-state index contributed by atoms with van der Waals surface area (Å²) in [6.45, 7) is 6.52. The first kappa shape index (κ1) is 75.3. The zero-order valence-electron chi connectivity index (χ0n) is 52.1. The molecule has 454 valence electrons. The van der Waals surface area contributed by atoms with Gasteiger partial charge in [-0.1, -0.05) is 304 Å². The van der Waals surface area contributed by atoms with E-state index in [4.69, 9.17) is 14.2 Å². The van der Waals surface area contributed by atoms with Gasteiger partial charge in [0.1, 0.15) is 13.2 Å². The fraction of sp³-hybridized carbons (Fsp3) is 0.740. The summed E-state index contributed by atoms with van der Waals surface area (Å²) >= 11 is 0. The molecule has 0 aromatic heterocycles. The lowest BCUT2D eigenvalue weighted by Crippen LogP contribution is -2.30. The van der Waals surface area contributed by atoms with Gasteiger partial charge in [0.25, 0.3) is 0 Å². The van der Waals surface area contributed by atoms with Crippen LogP contribution in [-0.2, 0) is 28.6 Å². The molecule has 0 spiro atoms. The quantitative estimate of drug-likeness (QED) is 0.0261. The third kappa shape index (κ3) is 65.0. The molecule has 0 radical (unpaired) electrons. The fourth-order valence-electron chi connectivity index (χ4n) is 9.54. The summed E-state index contributed by atoms with van der Waals surface area (Å²) in [6.07, 6.45) is 90.0. The van der Waals surface area contributed by atoms with Crippen LogP contribution in [0.3, 0.4) is 0 Å². The minimum absolute atomic E-state index is 0.0881. The van der Waals surface area contributed by atoms with Crippen molar-refractivity contribution in [3.63, 3.8) is 0 Å². The van der Waals surface area contributed by atoms with Crippen LogP contribution in [0.5, 0.6) is 0 Å². The van der Waals surface area contributed by atoms with Crippen molar-refractivity contribution in [1.82, 2.24) is 0 Å². The molecule has 0 amide bonds. The van der Waals surface area contributed by atoms with E-state index in [9.17, 15) is 14.4 Å². The van der Waals surface area contributed by atoms with Gasteiger partial charge in [0.2, 0.25) is 0 Å². The van der Waals surface area contributed by atoms with E-state index >= 15 is 0 Å². The molecule has 0 aromatic rings. The van der Waals surface area contributed by atoms with Crippen molar-refractivity contribution in [2.24, 2.45) is 0 Å². The van der Waals surface area contributed by atoms with E-state index < -0.39 is 6.10 Å². The number of hydrogen-bond acceptors (Lipinski definition) is 6. The topological polar surface area (TPSA) is 78.9 Å². The lowest BCUT2D eigenvalue weighted by atomic mass is 10.0. The molecule has 0 aliphatic rings. The lowest BCUT2D eigenvalue weighted by Gasteiger charge is -2.18. The second-order valence-corrected chi connectivity index (χ2v) is 22.4. The molecule has 79 heavy (non-hydrogen) atoms. The van der Waals surface area contributed by atoms with E-state index in [1.54, 1.807) is 0 Å². The van der Waals surface area contributed by atoms with Gasteiger partial charge in [-0.15, -0.1) is 0 Å². The van der Waals surface area contributed by atoms with E-state index in [-0.39, 0.29) is 31.1 Å². The highest BCUT2D eigenvalue weighted by atomic mass is 16.6. The van der Waals surface area contributed by atoms with Crippen LogP contribution in [0.2, 0.25) is 0 Å². The van der Waals surface area contributed by atoms with Crippen LogP contribution in [-0.4, -0.2) is 37.2 Å². The van der Waals surface area contributed by atoms with Gasteiger partial charge in [-0.25, -0.2) is 0 Å². The van der Waals surface area contributed by atoms with E-state index in [2.05, 4.69) is 118 Å². The molecule has 1 unspecified atom stereocenters. The molecule has 0 saturated heterocycles. The average molecular weight is 1100 g/mol. The van der Waals surface area contributed by atoms with Gasteiger partial charge in [0.05, 0.1) is 0 Å². The smallest absolute Gasteiger partial charge is 0.306 e. The number of allylic oxidation sites excluding steroid dienone is 16. The summed E-state index contributed by atoms with van der Waals surface area (Å²) in [5.74, 6) is -0.908. The van der Waals surface area contributed by atoms with Crippen LogP contribution in [0.4, 0.5) is 0 Å². The third-order valence-electron chi connectivity index (χ3n) is 14.6. The average Bonchev–Trinajstić information content (AvgIpc) is 3.45. The molecule has 0 aliphatic heterocycles. The minimum atomic E-state index is -0.795. The summed E-state index contributed by atoms with van der Waals surface area (Å²) in [6, 6.07) is 0. The molecule has 6 heteroatoms. The van der Waals surface area contributed by atoms with E-state index in [1.165, 1.54) is 180 Å². The van der Waals surface area contributed by atoms with Crippen molar-refractivity contribution in [3.8, 4) is 0 Å². The lowest BCUT2D eigenvalue weighted by molar-refractivity contribution is -0.167. The first-order chi connectivity index (χ1) is 39.0. The fourth-order valence-corrected chi connectivity index (χ4v) is 9.54. The Bertz CT molecular complexity index is 1540. The maximum Gasteiger partial charge on any atom is 0.306 e. The largest absolute Gasteiger partial charge is 0.462 e. The van der Waals surface area contributed by atoms with Gasteiger partial charge in [0.15, 0.2) is 6.10 Å². The predicted molar refractivity (Wildman–Crippen MR) is 344 cm³/mol. The number of carbonyl (C=O) groups excluding carboxylic acids is 3. The van der Waals surface area contributed by atoms with Crippen molar-refractivity contribution in [3.05, 3.63) is 97.2 Å². The molecule has 1 atom stereocenters. The number of hydrogen-bond donors (Lipinski definition) is 0. The van der Waals surface area contributed by atoms with Crippen molar-refractivity contribution in [2.45, 2.75) is 335 Å².